The monoisotopic (exact) mass is 481 g/mol. The summed E-state index contributed by atoms with van der Waals surface area (Å²) in [5, 5.41) is 0.454. The summed E-state index contributed by atoms with van der Waals surface area (Å²) in [6.07, 6.45) is 2.71. The van der Waals surface area contributed by atoms with Crippen LogP contribution in [0.2, 0.25) is 15.5 Å². The van der Waals surface area contributed by atoms with Gasteiger partial charge < -0.3 is 4.90 Å². The number of hydrogen-bond donors (Lipinski definition) is 0. The minimum atomic E-state index is -0.538. The summed E-state index contributed by atoms with van der Waals surface area (Å²) in [5.41, 5.74) is 1.27. The Labute approximate surface area is 186 Å². The van der Waals surface area contributed by atoms with E-state index >= 15 is 0 Å². The Morgan fingerprint density at radius 1 is 0.800 bits per heavy atom. The summed E-state index contributed by atoms with van der Waals surface area (Å²) in [7, 11) is 0. The van der Waals surface area contributed by atoms with Crippen molar-refractivity contribution in [1.82, 2.24) is 9.97 Å². The molecule has 3 heterocycles. The van der Waals surface area contributed by atoms with Crippen molar-refractivity contribution in [1.29, 1.82) is 0 Å². The van der Waals surface area contributed by atoms with E-state index in [4.69, 9.17) is 54.0 Å². The fraction of sp³-hybridized carbons (Fsp3) is 0.333. The van der Waals surface area contributed by atoms with E-state index in [1.54, 1.807) is 13.8 Å². The minimum Gasteiger partial charge on any atom is -0.354 e. The molecule has 0 N–H and O–H groups in total. The van der Waals surface area contributed by atoms with Crippen LogP contribution in [0.15, 0.2) is 12.1 Å². The topological polar surface area (TPSA) is 97.3 Å². The Hall–Kier alpha value is -2.41. The van der Waals surface area contributed by atoms with Gasteiger partial charge in [-0.05, 0) is 49.9 Å². The van der Waals surface area contributed by atoms with Crippen molar-refractivity contribution in [2.45, 2.75) is 26.7 Å². The molecule has 1 fully saturated rings. The van der Waals surface area contributed by atoms with Gasteiger partial charge in [0.1, 0.15) is 10.3 Å². The number of aryl methyl sites for hydroxylation is 2. The maximum Gasteiger partial charge on any atom is 0.373 e. The van der Waals surface area contributed by atoms with E-state index in [0.717, 1.165) is 25.9 Å². The molecule has 162 valence electrons. The zero-order valence-corrected chi connectivity index (χ0v) is 18.1. The third-order valence-electron chi connectivity index (χ3n) is 3.55. The maximum atomic E-state index is 13.5. The van der Waals surface area contributed by atoms with Crippen LogP contribution in [0.4, 0.5) is 14.6 Å². The van der Waals surface area contributed by atoms with Crippen LogP contribution >= 0.6 is 34.8 Å². The quantitative estimate of drug-likeness (QED) is 0.554. The van der Waals surface area contributed by atoms with E-state index in [0.29, 0.717) is 22.1 Å². The van der Waals surface area contributed by atoms with Crippen LogP contribution in [0.5, 0.6) is 0 Å². The predicted molar refractivity (Wildman–Crippen MR) is 104 cm³/mol. The van der Waals surface area contributed by atoms with Crippen LogP contribution in [0.3, 0.4) is 0 Å². The number of anilines is 1. The summed E-state index contributed by atoms with van der Waals surface area (Å²) in [6.45, 7) is 5.17. The molecule has 1 saturated heterocycles. The summed E-state index contributed by atoms with van der Waals surface area (Å²) >= 11 is 16.7. The van der Waals surface area contributed by atoms with Gasteiger partial charge in [0.2, 0.25) is 0 Å². The lowest BCUT2D eigenvalue weighted by Gasteiger charge is -2.17. The first-order valence-electron chi connectivity index (χ1n) is 8.17. The highest BCUT2D eigenvalue weighted by Crippen LogP contribution is 2.25. The molecule has 0 spiro atoms. The smallest absolute Gasteiger partial charge is 0.354 e. The van der Waals surface area contributed by atoms with E-state index in [9.17, 15) is 8.78 Å². The number of carbonyl (C=O) groups excluding carboxylic acids is 4. The van der Waals surface area contributed by atoms with E-state index in [1.165, 1.54) is 12.1 Å². The Morgan fingerprint density at radius 3 is 1.63 bits per heavy atom. The number of pyridine rings is 2. The lowest BCUT2D eigenvalue weighted by Crippen LogP contribution is -2.20. The van der Waals surface area contributed by atoms with Crippen molar-refractivity contribution in [2.24, 2.45) is 0 Å². The molecule has 12 heteroatoms. The van der Waals surface area contributed by atoms with Crippen molar-refractivity contribution in [2.75, 3.05) is 18.0 Å². The van der Waals surface area contributed by atoms with Gasteiger partial charge in [-0.2, -0.15) is 19.2 Å². The second kappa shape index (κ2) is 14.6. The lowest BCUT2D eigenvalue weighted by molar-refractivity contribution is -0.193. The van der Waals surface area contributed by atoms with Crippen LogP contribution in [-0.2, 0) is 19.2 Å². The molecule has 0 unspecified atom stereocenters. The fourth-order valence-corrected chi connectivity index (χ4v) is 2.69. The average Bonchev–Trinajstić information content (AvgIpc) is 3.19. The van der Waals surface area contributed by atoms with Gasteiger partial charge in [0.15, 0.2) is 22.6 Å². The van der Waals surface area contributed by atoms with Crippen LogP contribution < -0.4 is 4.90 Å². The molecular formula is C18H16Cl3F2N3O4. The molecule has 1 aliphatic heterocycles. The number of hydrogen-bond acceptors (Lipinski definition) is 7. The first kappa shape index (κ1) is 27.6. The van der Waals surface area contributed by atoms with Crippen LogP contribution in [0.1, 0.15) is 24.0 Å². The van der Waals surface area contributed by atoms with Crippen molar-refractivity contribution < 1.29 is 28.0 Å². The van der Waals surface area contributed by atoms with Crippen LogP contribution in [0.25, 0.3) is 0 Å². The van der Waals surface area contributed by atoms with E-state index in [1.807, 2.05) is 4.90 Å². The van der Waals surface area contributed by atoms with Gasteiger partial charge in [-0.25, -0.2) is 18.7 Å². The van der Waals surface area contributed by atoms with Gasteiger partial charge in [-0.15, -0.1) is 0 Å². The van der Waals surface area contributed by atoms with Crippen LogP contribution in [0, 0.1) is 25.5 Å². The molecule has 0 amide bonds. The van der Waals surface area contributed by atoms with Gasteiger partial charge in [-0.1, -0.05) is 34.8 Å². The number of halogens is 5. The molecule has 3 rings (SSSR count). The molecule has 2 aromatic heterocycles. The standard InChI is InChI=1S/C10H12ClFN2.C6H4Cl2FN.2CO2/c1-7-6-8(12)10(13-9(7)11)14-4-2-3-5-14;1-3-2-4(9)6(8)10-5(3)7;2*2-1-3/h6H,2-5H2,1H3;2H,1H3;;. The number of aromatic nitrogens is 2. The van der Waals surface area contributed by atoms with Crippen molar-refractivity contribution in [3.63, 3.8) is 0 Å². The van der Waals surface area contributed by atoms with Gasteiger partial charge in [0.05, 0.1) is 0 Å². The van der Waals surface area contributed by atoms with E-state index in [2.05, 4.69) is 9.97 Å². The third kappa shape index (κ3) is 9.39. The van der Waals surface area contributed by atoms with Gasteiger partial charge in [0, 0.05) is 13.1 Å². The zero-order valence-electron chi connectivity index (χ0n) is 15.8. The Balaban J connectivity index is 0.000000460. The molecule has 1 aliphatic rings. The Morgan fingerprint density at radius 2 is 1.20 bits per heavy atom. The van der Waals surface area contributed by atoms with Gasteiger partial charge in [0.25, 0.3) is 0 Å². The summed E-state index contributed by atoms with van der Waals surface area (Å²) in [5.74, 6) is -0.407. The first-order chi connectivity index (χ1) is 14.1. The highest BCUT2D eigenvalue weighted by Gasteiger charge is 2.18. The largest absolute Gasteiger partial charge is 0.373 e. The molecule has 0 aromatic carbocycles. The molecule has 0 saturated carbocycles. The second-order valence-electron chi connectivity index (χ2n) is 5.63. The minimum absolute atomic E-state index is 0.185. The lowest BCUT2D eigenvalue weighted by atomic mass is 10.3. The zero-order chi connectivity index (χ0) is 23.3. The number of nitrogens with zero attached hydrogens (tertiary/aromatic N) is 3. The number of rotatable bonds is 1. The summed E-state index contributed by atoms with van der Waals surface area (Å²) in [4.78, 5) is 42.0. The van der Waals surface area contributed by atoms with Crippen molar-refractivity contribution in [3.05, 3.63) is 50.4 Å². The highest BCUT2D eigenvalue weighted by atomic mass is 35.5. The Bertz CT molecular complexity index is 852. The molecule has 0 bridgehead atoms. The highest BCUT2D eigenvalue weighted by molar-refractivity contribution is 6.32. The predicted octanol–water partition coefficient (Wildman–Crippen LogP) is 4.45. The van der Waals surface area contributed by atoms with Gasteiger partial charge in [-0.3, -0.25) is 0 Å². The first-order valence-corrected chi connectivity index (χ1v) is 9.30. The molecule has 2 aromatic rings. The van der Waals surface area contributed by atoms with E-state index in [-0.39, 0.29) is 28.4 Å². The average molecular weight is 483 g/mol. The van der Waals surface area contributed by atoms with Crippen LogP contribution in [-0.4, -0.2) is 35.4 Å². The molecule has 0 atom stereocenters. The summed E-state index contributed by atoms with van der Waals surface area (Å²) in [6, 6.07) is 2.70. The second-order valence-corrected chi connectivity index (χ2v) is 6.71. The van der Waals surface area contributed by atoms with Gasteiger partial charge >= 0.3 is 12.3 Å². The molecule has 0 aliphatic carbocycles. The molecule has 0 radical (unpaired) electrons. The third-order valence-corrected chi connectivity index (χ3v) is 4.58. The van der Waals surface area contributed by atoms with Crippen molar-refractivity contribution >= 4 is 52.9 Å². The maximum absolute atomic E-state index is 13.5. The molecular weight excluding hydrogens is 467 g/mol. The molecule has 30 heavy (non-hydrogen) atoms. The fourth-order valence-electron chi connectivity index (χ4n) is 2.24. The SMILES string of the molecule is Cc1cc(F)c(Cl)nc1Cl.Cc1cc(F)c(N2CCCC2)nc1Cl.O=C=O.O=C=O. The van der Waals surface area contributed by atoms with Crippen molar-refractivity contribution in [3.8, 4) is 0 Å². The normalized spacial score (nSPS) is 11.5. The molecule has 7 nitrogen and oxygen atoms in total. The summed E-state index contributed by atoms with van der Waals surface area (Å²) < 4.78 is 26.0. The van der Waals surface area contributed by atoms with E-state index < -0.39 is 5.82 Å². The Kier molecular flexibility index (Phi) is 13.4.